The van der Waals surface area contributed by atoms with Crippen LogP contribution in [0.4, 0.5) is 0 Å². The Morgan fingerprint density at radius 2 is 2.03 bits per heavy atom. The van der Waals surface area contributed by atoms with E-state index in [9.17, 15) is 9.59 Å². The molecule has 2 heterocycles. The summed E-state index contributed by atoms with van der Waals surface area (Å²) in [6.07, 6.45) is 3.45. The zero-order valence-electron chi connectivity index (χ0n) is 20.3. The first kappa shape index (κ1) is 25.5. The molecular weight excluding hydrogens is 494 g/mol. The molecule has 3 aromatic rings. The highest BCUT2D eigenvalue weighted by Crippen LogP contribution is 2.32. The maximum atomic E-state index is 13.7. The predicted molar refractivity (Wildman–Crippen MR) is 141 cm³/mol. The van der Waals surface area contributed by atoms with Gasteiger partial charge in [-0.1, -0.05) is 35.6 Å². The average molecular weight is 520 g/mol. The fourth-order valence-electron chi connectivity index (χ4n) is 3.92. The lowest BCUT2D eigenvalue weighted by Gasteiger charge is -2.25. The number of benzene rings is 2. The third kappa shape index (κ3) is 5.30. The van der Waals surface area contributed by atoms with Gasteiger partial charge in [0.15, 0.2) is 11.4 Å². The Morgan fingerprint density at radius 1 is 1.28 bits per heavy atom. The topological polar surface area (TPSA) is 93.7 Å². The Balaban J connectivity index is 1.88. The molecule has 0 aliphatic carbocycles. The van der Waals surface area contributed by atoms with Gasteiger partial charge in [-0.15, -0.1) is 11.8 Å². The Bertz CT molecular complexity index is 1540. The van der Waals surface area contributed by atoms with Gasteiger partial charge in [-0.2, -0.15) is 5.26 Å². The molecule has 4 rings (SSSR count). The lowest BCUT2D eigenvalue weighted by atomic mass is 9.96. The van der Waals surface area contributed by atoms with Crippen molar-refractivity contribution in [3.8, 4) is 11.8 Å². The zero-order valence-corrected chi connectivity index (χ0v) is 22.0. The van der Waals surface area contributed by atoms with Crippen LogP contribution in [0.15, 0.2) is 74.5 Å². The van der Waals surface area contributed by atoms with E-state index in [2.05, 4.69) is 4.99 Å². The van der Waals surface area contributed by atoms with Gasteiger partial charge in [-0.3, -0.25) is 9.36 Å². The normalized spacial score (nSPS) is 15.3. The molecule has 0 unspecified atom stereocenters. The van der Waals surface area contributed by atoms with Gasteiger partial charge < -0.3 is 9.47 Å². The van der Waals surface area contributed by atoms with Crippen molar-refractivity contribution in [3.63, 3.8) is 0 Å². The molecule has 1 atom stereocenters. The first-order valence-electron chi connectivity index (χ1n) is 11.3. The number of hydrogen-bond acceptors (Lipinski definition) is 8. The number of hydrogen-bond donors (Lipinski definition) is 0. The summed E-state index contributed by atoms with van der Waals surface area (Å²) in [5, 5.41) is 8.77. The van der Waals surface area contributed by atoms with Crippen LogP contribution in [-0.4, -0.2) is 29.5 Å². The monoisotopic (exact) mass is 519 g/mol. The summed E-state index contributed by atoms with van der Waals surface area (Å²) in [6.45, 7) is 5.29. The first-order valence-corrected chi connectivity index (χ1v) is 13.3. The van der Waals surface area contributed by atoms with Crippen LogP contribution in [0.3, 0.4) is 0 Å². The number of rotatable bonds is 7. The summed E-state index contributed by atoms with van der Waals surface area (Å²) in [5.41, 5.74) is 2.19. The van der Waals surface area contributed by atoms with Crippen LogP contribution in [-0.2, 0) is 9.53 Å². The molecule has 0 saturated heterocycles. The van der Waals surface area contributed by atoms with E-state index in [1.165, 1.54) is 11.3 Å². The maximum absolute atomic E-state index is 13.7. The lowest BCUT2D eigenvalue weighted by molar-refractivity contribution is -0.143. The number of nitriles is 1. The number of thioether (sulfide) groups is 1. The molecule has 2 aromatic carbocycles. The number of carbonyl (C=O) groups is 1. The minimum Gasteiger partial charge on any atom is -0.479 e. The lowest BCUT2D eigenvalue weighted by Crippen LogP contribution is -2.40. The number of aromatic nitrogens is 1. The van der Waals surface area contributed by atoms with Crippen molar-refractivity contribution in [2.24, 2.45) is 4.99 Å². The van der Waals surface area contributed by atoms with Crippen molar-refractivity contribution in [2.45, 2.75) is 37.8 Å². The molecule has 1 aliphatic heterocycles. The molecule has 36 heavy (non-hydrogen) atoms. The highest BCUT2D eigenvalue weighted by Gasteiger charge is 2.33. The van der Waals surface area contributed by atoms with E-state index in [-0.39, 0.29) is 18.3 Å². The smallest absolute Gasteiger partial charge is 0.338 e. The van der Waals surface area contributed by atoms with Crippen molar-refractivity contribution in [1.82, 2.24) is 4.57 Å². The highest BCUT2D eigenvalue weighted by atomic mass is 32.2. The molecule has 0 saturated carbocycles. The third-order valence-corrected chi connectivity index (χ3v) is 7.20. The van der Waals surface area contributed by atoms with Gasteiger partial charge in [-0.05, 0) is 68.5 Å². The molecule has 1 aliphatic rings. The van der Waals surface area contributed by atoms with E-state index < -0.39 is 12.0 Å². The fourth-order valence-corrected chi connectivity index (χ4v) is 5.38. The number of allylic oxidation sites excluding steroid dienone is 1. The molecule has 0 radical (unpaired) electrons. The Labute approximate surface area is 217 Å². The number of nitrogens with zero attached hydrogens (tertiary/aromatic N) is 3. The van der Waals surface area contributed by atoms with E-state index in [0.717, 1.165) is 16.0 Å². The largest absolute Gasteiger partial charge is 0.479 e. The standard InChI is InChI=1S/C27H25N3O4S2/c1-16(2)34-26(32)23-17(3)29-27-30(24(23)19-8-10-21(35-4)11-9-19)25(31)22(36-27)15-18-6-5-7-20(14-18)33-13-12-28/h5-11,14-16,24H,13H2,1-4H3/b22-15-/t24-/m0/s1. The molecule has 184 valence electrons. The summed E-state index contributed by atoms with van der Waals surface area (Å²) in [5.74, 6) is 0.0567. The van der Waals surface area contributed by atoms with E-state index in [1.807, 2.05) is 42.7 Å². The Hall–Kier alpha value is -3.61. The van der Waals surface area contributed by atoms with E-state index in [4.69, 9.17) is 14.7 Å². The summed E-state index contributed by atoms with van der Waals surface area (Å²) >= 11 is 2.88. The minimum absolute atomic E-state index is 0.0600. The minimum atomic E-state index is -0.657. The van der Waals surface area contributed by atoms with Gasteiger partial charge in [-0.25, -0.2) is 9.79 Å². The SMILES string of the molecule is CSc1ccc([C@H]2C(C(=O)OC(C)C)=C(C)N=c3s/c(=C\c4cccc(OCC#N)c4)c(=O)n32)cc1. The molecule has 0 bridgehead atoms. The number of carbonyl (C=O) groups excluding carboxylic acids is 1. The van der Waals surface area contributed by atoms with Gasteiger partial charge in [0.1, 0.15) is 11.8 Å². The molecule has 0 N–H and O–H groups in total. The quantitative estimate of drug-likeness (QED) is 0.348. The van der Waals surface area contributed by atoms with Crippen LogP contribution >= 0.6 is 23.1 Å². The fraction of sp³-hybridized carbons (Fsp3) is 0.259. The van der Waals surface area contributed by atoms with Crippen molar-refractivity contribution in [1.29, 1.82) is 5.26 Å². The van der Waals surface area contributed by atoms with Crippen molar-refractivity contribution >= 4 is 35.1 Å². The van der Waals surface area contributed by atoms with Gasteiger partial charge in [0.2, 0.25) is 0 Å². The number of fused-ring (bicyclic) bond motifs is 1. The van der Waals surface area contributed by atoms with Crippen LogP contribution in [0.2, 0.25) is 0 Å². The number of thiazole rings is 1. The summed E-state index contributed by atoms with van der Waals surface area (Å²) in [6, 6.07) is 16.3. The molecule has 7 nitrogen and oxygen atoms in total. The van der Waals surface area contributed by atoms with E-state index in [1.54, 1.807) is 61.4 Å². The van der Waals surface area contributed by atoms with Crippen molar-refractivity contribution in [2.75, 3.05) is 12.9 Å². The zero-order chi connectivity index (χ0) is 25.8. The molecule has 0 spiro atoms. The second-order valence-electron chi connectivity index (χ2n) is 8.33. The predicted octanol–water partition coefficient (Wildman–Crippen LogP) is 3.81. The Kier molecular flexibility index (Phi) is 7.77. The number of ether oxygens (including phenoxy) is 2. The van der Waals surface area contributed by atoms with Crippen LogP contribution < -0.4 is 19.6 Å². The average Bonchev–Trinajstić information content (AvgIpc) is 3.15. The summed E-state index contributed by atoms with van der Waals surface area (Å²) < 4.78 is 13.0. The molecule has 0 fully saturated rings. The Morgan fingerprint density at radius 3 is 2.69 bits per heavy atom. The summed E-state index contributed by atoms with van der Waals surface area (Å²) in [7, 11) is 0. The van der Waals surface area contributed by atoms with Crippen LogP contribution in [0, 0.1) is 11.3 Å². The summed E-state index contributed by atoms with van der Waals surface area (Å²) in [4.78, 5) is 33.1. The van der Waals surface area contributed by atoms with Crippen molar-refractivity contribution in [3.05, 3.63) is 90.6 Å². The van der Waals surface area contributed by atoms with Gasteiger partial charge >= 0.3 is 5.97 Å². The van der Waals surface area contributed by atoms with Gasteiger partial charge in [0.05, 0.1) is 27.9 Å². The second kappa shape index (κ2) is 11.0. The molecule has 0 amide bonds. The third-order valence-electron chi connectivity index (χ3n) is 5.48. The van der Waals surface area contributed by atoms with Gasteiger partial charge in [0, 0.05) is 4.90 Å². The second-order valence-corrected chi connectivity index (χ2v) is 10.2. The van der Waals surface area contributed by atoms with Crippen LogP contribution in [0.25, 0.3) is 6.08 Å². The molecule has 9 heteroatoms. The van der Waals surface area contributed by atoms with Crippen LogP contribution in [0.1, 0.15) is 37.9 Å². The first-order chi connectivity index (χ1) is 17.3. The molecular formula is C27H25N3O4S2. The van der Waals surface area contributed by atoms with Crippen LogP contribution in [0.5, 0.6) is 5.75 Å². The van der Waals surface area contributed by atoms with E-state index in [0.29, 0.717) is 26.4 Å². The van der Waals surface area contributed by atoms with Gasteiger partial charge in [0.25, 0.3) is 5.56 Å². The van der Waals surface area contributed by atoms with Crippen molar-refractivity contribution < 1.29 is 14.3 Å². The number of esters is 1. The molecule has 1 aromatic heterocycles. The highest BCUT2D eigenvalue weighted by molar-refractivity contribution is 7.98. The van der Waals surface area contributed by atoms with E-state index >= 15 is 0 Å². The maximum Gasteiger partial charge on any atom is 0.338 e.